The fourth-order valence-corrected chi connectivity index (χ4v) is 4.62. The number of fused-ring (bicyclic) bond motifs is 2. The minimum absolute atomic E-state index is 0.000209. The highest BCUT2D eigenvalue weighted by Gasteiger charge is 2.22. The van der Waals surface area contributed by atoms with Crippen molar-refractivity contribution in [3.05, 3.63) is 102 Å². The third-order valence-corrected chi connectivity index (χ3v) is 6.65. The van der Waals surface area contributed by atoms with E-state index < -0.39 is 0 Å². The van der Waals surface area contributed by atoms with E-state index in [1.165, 1.54) is 0 Å². The third-order valence-electron chi connectivity index (χ3n) is 6.65. The summed E-state index contributed by atoms with van der Waals surface area (Å²) in [6.45, 7) is 3.49. The van der Waals surface area contributed by atoms with Crippen molar-refractivity contribution in [1.29, 1.82) is 0 Å². The first-order valence-corrected chi connectivity index (χ1v) is 12.2. The summed E-state index contributed by atoms with van der Waals surface area (Å²) < 4.78 is 6.00. The van der Waals surface area contributed by atoms with Gasteiger partial charge in [0.05, 0.1) is 17.8 Å². The summed E-state index contributed by atoms with van der Waals surface area (Å²) in [5.74, 6) is 0.825. The number of hydrogen-bond acceptors (Lipinski definition) is 5. The van der Waals surface area contributed by atoms with Crippen molar-refractivity contribution < 1.29 is 9.53 Å². The number of pyridine rings is 1. The van der Waals surface area contributed by atoms with Crippen LogP contribution in [-0.4, -0.2) is 48.0 Å². The van der Waals surface area contributed by atoms with Gasteiger partial charge in [-0.2, -0.15) is 0 Å². The molecular weight excluding hydrogens is 448 g/mol. The molecule has 0 spiro atoms. The molecule has 0 atom stereocenters. The van der Waals surface area contributed by atoms with Crippen LogP contribution in [0.15, 0.2) is 85.1 Å². The lowest BCUT2D eigenvalue weighted by Crippen LogP contribution is -2.32. The van der Waals surface area contributed by atoms with Crippen molar-refractivity contribution in [2.75, 3.05) is 27.2 Å². The van der Waals surface area contributed by atoms with Crippen molar-refractivity contribution in [3.8, 4) is 16.9 Å². The molecule has 0 unspecified atom stereocenters. The van der Waals surface area contributed by atoms with Crippen LogP contribution in [0.5, 0.6) is 5.75 Å². The smallest absolute Gasteiger partial charge is 0.254 e. The maximum absolute atomic E-state index is 13.4. The molecule has 2 heterocycles. The molecule has 5 rings (SSSR count). The zero-order chi connectivity index (χ0) is 25.1. The summed E-state index contributed by atoms with van der Waals surface area (Å²) in [7, 11) is 3.84. The molecule has 3 aromatic carbocycles. The quantitative estimate of drug-likeness (QED) is 0.391. The van der Waals surface area contributed by atoms with E-state index >= 15 is 0 Å². The lowest BCUT2D eigenvalue weighted by Gasteiger charge is -2.22. The van der Waals surface area contributed by atoms with Crippen LogP contribution < -0.4 is 10.2 Å². The first-order valence-electron chi connectivity index (χ1n) is 12.2. The van der Waals surface area contributed by atoms with Crippen LogP contribution in [0.3, 0.4) is 0 Å². The molecule has 6 heteroatoms. The predicted molar refractivity (Wildman–Crippen MR) is 144 cm³/mol. The summed E-state index contributed by atoms with van der Waals surface area (Å²) >= 11 is 0. The molecule has 36 heavy (non-hydrogen) atoms. The van der Waals surface area contributed by atoms with Gasteiger partial charge >= 0.3 is 0 Å². The Morgan fingerprint density at radius 2 is 1.81 bits per heavy atom. The van der Waals surface area contributed by atoms with Crippen molar-refractivity contribution >= 4 is 22.5 Å². The van der Waals surface area contributed by atoms with E-state index in [1.807, 2.05) is 91.7 Å². The van der Waals surface area contributed by atoms with Gasteiger partial charge in [-0.1, -0.05) is 42.5 Å². The molecule has 6 nitrogen and oxygen atoms in total. The summed E-state index contributed by atoms with van der Waals surface area (Å²) in [5.41, 5.74) is 9.94. The van der Waals surface area contributed by atoms with Crippen LogP contribution in [0.2, 0.25) is 0 Å². The van der Waals surface area contributed by atoms with E-state index in [-0.39, 0.29) is 5.91 Å². The third kappa shape index (κ3) is 4.68. The van der Waals surface area contributed by atoms with Crippen LogP contribution >= 0.6 is 0 Å². The Hall–Kier alpha value is -4.16. The van der Waals surface area contributed by atoms with E-state index in [2.05, 4.69) is 34.7 Å². The molecule has 0 aliphatic carbocycles. The number of hydrazine groups is 1. The second-order valence-corrected chi connectivity index (χ2v) is 8.85. The Balaban J connectivity index is 1.39. The molecule has 0 saturated carbocycles. The fraction of sp³-hybridized carbons (Fsp3) is 0.200. The topological polar surface area (TPSA) is 57.7 Å². The number of ether oxygens (including phenoxy) is 1. The Morgan fingerprint density at radius 1 is 1.03 bits per heavy atom. The molecule has 1 aliphatic heterocycles. The van der Waals surface area contributed by atoms with Crippen LogP contribution in [0.25, 0.3) is 27.7 Å². The molecule has 0 fully saturated rings. The SMILES string of the molecule is C/C=C(/c1ccc(C(=O)N2CCOc3ccc(-c4cnc5ccccc5c4)cc3C2)cc1)N(C)NC. The highest BCUT2D eigenvalue weighted by atomic mass is 16.5. The van der Waals surface area contributed by atoms with E-state index in [0.29, 0.717) is 25.3 Å². The van der Waals surface area contributed by atoms with Crippen LogP contribution in [0.4, 0.5) is 0 Å². The fourth-order valence-electron chi connectivity index (χ4n) is 4.62. The molecular formula is C30H30N4O2. The number of allylic oxidation sites excluding steroid dienone is 1. The number of hydrogen-bond donors (Lipinski definition) is 1. The Kier molecular flexibility index (Phi) is 6.69. The maximum Gasteiger partial charge on any atom is 0.254 e. The monoisotopic (exact) mass is 478 g/mol. The standard InChI is InChI=1S/C30H30N4O2/c1-4-28(33(3)31-2)21-9-11-22(12-10-21)30(35)34-15-16-36-29-14-13-23(17-26(29)20-34)25-18-24-7-5-6-8-27(24)32-19-25/h4-14,17-19,31H,15-16,20H2,1-3H3/b28-4-. The van der Waals surface area contributed by atoms with Gasteiger partial charge in [0.25, 0.3) is 5.91 Å². The first kappa shape index (κ1) is 23.6. The van der Waals surface area contributed by atoms with Gasteiger partial charge in [0, 0.05) is 48.9 Å². The molecule has 182 valence electrons. The number of rotatable bonds is 5. The minimum Gasteiger partial charge on any atom is -0.491 e. The molecule has 1 aliphatic rings. The van der Waals surface area contributed by atoms with Crippen LogP contribution in [0, 0.1) is 0 Å². The van der Waals surface area contributed by atoms with Gasteiger partial charge in [0.1, 0.15) is 12.4 Å². The molecule has 4 aromatic rings. The van der Waals surface area contributed by atoms with Crippen LogP contribution in [0.1, 0.15) is 28.4 Å². The minimum atomic E-state index is -0.000209. The van der Waals surface area contributed by atoms with Gasteiger partial charge in [0.15, 0.2) is 0 Å². The second-order valence-electron chi connectivity index (χ2n) is 8.85. The normalized spacial score (nSPS) is 13.6. The Morgan fingerprint density at radius 3 is 2.58 bits per heavy atom. The summed E-state index contributed by atoms with van der Waals surface area (Å²) in [4.78, 5) is 19.9. The summed E-state index contributed by atoms with van der Waals surface area (Å²) in [6, 6.07) is 24.2. The van der Waals surface area contributed by atoms with Gasteiger partial charge < -0.3 is 14.6 Å². The van der Waals surface area contributed by atoms with Gasteiger partial charge in [-0.15, -0.1) is 0 Å². The van der Waals surface area contributed by atoms with Crippen molar-refractivity contribution in [2.24, 2.45) is 0 Å². The first-order chi connectivity index (χ1) is 17.6. The zero-order valence-corrected chi connectivity index (χ0v) is 20.9. The number of carbonyl (C=O) groups excluding carboxylic acids is 1. The molecule has 0 bridgehead atoms. The summed E-state index contributed by atoms with van der Waals surface area (Å²) in [6.07, 6.45) is 3.94. The number of amides is 1. The summed E-state index contributed by atoms with van der Waals surface area (Å²) in [5, 5.41) is 3.05. The van der Waals surface area contributed by atoms with Gasteiger partial charge in [-0.05, 0) is 54.4 Å². The number of benzene rings is 3. The highest BCUT2D eigenvalue weighted by Crippen LogP contribution is 2.31. The zero-order valence-electron chi connectivity index (χ0n) is 20.9. The van der Waals surface area contributed by atoms with Gasteiger partial charge in [-0.25, -0.2) is 5.43 Å². The number of carbonyl (C=O) groups is 1. The number of nitrogens with one attached hydrogen (secondary N) is 1. The number of aromatic nitrogens is 1. The lowest BCUT2D eigenvalue weighted by atomic mass is 10.0. The van der Waals surface area contributed by atoms with Crippen molar-refractivity contribution in [2.45, 2.75) is 13.5 Å². The average Bonchev–Trinajstić information content (AvgIpc) is 3.15. The Bertz CT molecular complexity index is 1430. The second kappa shape index (κ2) is 10.2. The van der Waals surface area contributed by atoms with Gasteiger partial charge in [0.2, 0.25) is 0 Å². The highest BCUT2D eigenvalue weighted by molar-refractivity contribution is 5.94. The maximum atomic E-state index is 13.4. The van der Waals surface area contributed by atoms with E-state index in [4.69, 9.17) is 4.74 Å². The molecule has 1 aromatic heterocycles. The molecule has 0 saturated heterocycles. The number of para-hydroxylation sites is 1. The molecule has 0 radical (unpaired) electrons. The van der Waals surface area contributed by atoms with Gasteiger partial charge in [-0.3, -0.25) is 9.78 Å². The van der Waals surface area contributed by atoms with E-state index in [0.717, 1.165) is 44.6 Å². The molecule has 1 N–H and O–H groups in total. The van der Waals surface area contributed by atoms with Crippen molar-refractivity contribution in [3.63, 3.8) is 0 Å². The lowest BCUT2D eigenvalue weighted by molar-refractivity contribution is 0.0733. The van der Waals surface area contributed by atoms with Crippen molar-refractivity contribution in [1.82, 2.24) is 20.3 Å². The molecule has 1 amide bonds. The van der Waals surface area contributed by atoms with E-state index in [9.17, 15) is 4.79 Å². The average molecular weight is 479 g/mol. The Labute approximate surface area is 211 Å². The van der Waals surface area contributed by atoms with E-state index in [1.54, 1.807) is 0 Å². The van der Waals surface area contributed by atoms with Crippen LogP contribution in [-0.2, 0) is 6.54 Å². The largest absolute Gasteiger partial charge is 0.491 e. The number of nitrogens with zero attached hydrogens (tertiary/aromatic N) is 3. The predicted octanol–water partition coefficient (Wildman–Crippen LogP) is 5.36.